The highest BCUT2D eigenvalue weighted by Crippen LogP contribution is 2.23. The van der Waals surface area contributed by atoms with E-state index in [4.69, 9.17) is 4.74 Å². The Bertz CT molecular complexity index is 1010. The van der Waals surface area contributed by atoms with Gasteiger partial charge in [-0.25, -0.2) is 9.97 Å². The molecule has 0 saturated heterocycles. The van der Waals surface area contributed by atoms with Crippen LogP contribution in [0, 0.1) is 0 Å². The number of hydrogen-bond donors (Lipinski definition) is 2. The zero-order valence-electron chi connectivity index (χ0n) is 13.1. The van der Waals surface area contributed by atoms with Crippen LogP contribution in [0.2, 0.25) is 0 Å². The van der Waals surface area contributed by atoms with Crippen LogP contribution >= 0.6 is 0 Å². The van der Waals surface area contributed by atoms with Gasteiger partial charge in [0.2, 0.25) is 0 Å². The van der Waals surface area contributed by atoms with E-state index < -0.39 is 0 Å². The zero-order chi connectivity index (χ0) is 17.1. The Morgan fingerprint density at radius 1 is 0.960 bits per heavy atom. The molecular formula is C19H14N4O2. The molecule has 0 spiro atoms. The molecule has 6 nitrogen and oxygen atoms in total. The molecule has 0 atom stereocenters. The second-order valence-corrected chi connectivity index (χ2v) is 5.39. The molecule has 25 heavy (non-hydrogen) atoms. The van der Waals surface area contributed by atoms with Crippen molar-refractivity contribution in [1.82, 2.24) is 15.0 Å². The van der Waals surface area contributed by atoms with E-state index in [9.17, 15) is 4.79 Å². The molecule has 2 heterocycles. The Labute approximate surface area is 143 Å². The Balaban J connectivity index is 1.46. The van der Waals surface area contributed by atoms with E-state index in [0.717, 1.165) is 11.3 Å². The molecule has 0 aliphatic heterocycles. The summed E-state index contributed by atoms with van der Waals surface area (Å²) in [4.78, 5) is 23.5. The number of aromatic nitrogens is 3. The number of ether oxygens (including phenoxy) is 1. The minimum atomic E-state index is -0.235. The minimum Gasteiger partial charge on any atom is -0.457 e. The third-order valence-corrected chi connectivity index (χ3v) is 3.63. The number of amides is 1. The molecule has 1 amide bonds. The molecule has 122 valence electrons. The van der Waals surface area contributed by atoms with Gasteiger partial charge in [-0.05, 0) is 42.5 Å². The number of pyridine rings is 1. The molecular weight excluding hydrogens is 316 g/mol. The Kier molecular flexibility index (Phi) is 3.84. The highest BCUT2D eigenvalue weighted by Gasteiger charge is 2.09. The van der Waals surface area contributed by atoms with E-state index in [-0.39, 0.29) is 5.91 Å². The summed E-state index contributed by atoms with van der Waals surface area (Å²) in [6.45, 7) is 0. The third kappa shape index (κ3) is 3.32. The van der Waals surface area contributed by atoms with Crippen molar-refractivity contribution in [2.45, 2.75) is 0 Å². The standard InChI is InChI=1S/C19H14N4O2/c24-19(13-10-17-18(20-11-13)22-12-21-17)23-14-6-8-16(9-7-14)25-15-4-2-1-3-5-15/h1-12H,(H,23,24)(H,20,21,22). The Hall–Kier alpha value is -3.67. The molecule has 0 aliphatic carbocycles. The molecule has 4 aromatic rings. The van der Waals surface area contributed by atoms with Crippen molar-refractivity contribution in [3.63, 3.8) is 0 Å². The van der Waals surface area contributed by atoms with Gasteiger partial charge in [-0.15, -0.1) is 0 Å². The van der Waals surface area contributed by atoms with E-state index in [1.807, 2.05) is 30.3 Å². The number of carbonyl (C=O) groups excluding carboxylic acids is 1. The fraction of sp³-hybridized carbons (Fsp3) is 0. The molecule has 2 aromatic carbocycles. The van der Waals surface area contributed by atoms with Crippen molar-refractivity contribution in [1.29, 1.82) is 0 Å². The minimum absolute atomic E-state index is 0.235. The lowest BCUT2D eigenvalue weighted by atomic mass is 10.2. The molecule has 0 saturated carbocycles. The quantitative estimate of drug-likeness (QED) is 0.592. The average Bonchev–Trinajstić information content (AvgIpc) is 3.12. The Morgan fingerprint density at radius 3 is 2.52 bits per heavy atom. The third-order valence-electron chi connectivity index (χ3n) is 3.63. The molecule has 0 bridgehead atoms. The summed E-state index contributed by atoms with van der Waals surface area (Å²) in [5, 5.41) is 2.84. The van der Waals surface area contributed by atoms with Crippen LogP contribution in [0.1, 0.15) is 10.4 Å². The topological polar surface area (TPSA) is 79.9 Å². The van der Waals surface area contributed by atoms with E-state index in [0.29, 0.717) is 22.6 Å². The maximum Gasteiger partial charge on any atom is 0.257 e. The van der Waals surface area contributed by atoms with Crippen LogP contribution in [0.3, 0.4) is 0 Å². The van der Waals surface area contributed by atoms with Crippen molar-refractivity contribution >= 4 is 22.8 Å². The van der Waals surface area contributed by atoms with Crippen molar-refractivity contribution in [2.75, 3.05) is 5.32 Å². The number of nitrogens with one attached hydrogen (secondary N) is 2. The summed E-state index contributed by atoms with van der Waals surface area (Å²) in [5.74, 6) is 1.23. The molecule has 4 rings (SSSR count). The lowest BCUT2D eigenvalue weighted by Crippen LogP contribution is -2.12. The fourth-order valence-corrected chi connectivity index (χ4v) is 2.39. The van der Waals surface area contributed by atoms with Crippen molar-refractivity contribution in [2.24, 2.45) is 0 Å². The van der Waals surface area contributed by atoms with Crippen LogP contribution in [-0.2, 0) is 0 Å². The van der Waals surface area contributed by atoms with Crippen LogP contribution in [0.4, 0.5) is 5.69 Å². The summed E-state index contributed by atoms with van der Waals surface area (Å²) in [6.07, 6.45) is 3.05. The van der Waals surface area contributed by atoms with E-state index >= 15 is 0 Å². The van der Waals surface area contributed by atoms with Gasteiger partial charge in [-0.3, -0.25) is 4.79 Å². The van der Waals surface area contributed by atoms with E-state index in [1.54, 1.807) is 36.7 Å². The van der Waals surface area contributed by atoms with Gasteiger partial charge in [0.25, 0.3) is 5.91 Å². The van der Waals surface area contributed by atoms with Gasteiger partial charge < -0.3 is 15.0 Å². The number of benzene rings is 2. The maximum atomic E-state index is 12.3. The number of nitrogens with zero attached hydrogens (tertiary/aromatic N) is 2. The first-order valence-corrected chi connectivity index (χ1v) is 7.71. The number of imidazole rings is 1. The summed E-state index contributed by atoms with van der Waals surface area (Å²) in [5.41, 5.74) is 2.44. The summed E-state index contributed by atoms with van der Waals surface area (Å²) in [7, 11) is 0. The van der Waals surface area contributed by atoms with Gasteiger partial charge in [0.15, 0.2) is 5.65 Å². The first-order chi connectivity index (χ1) is 12.3. The van der Waals surface area contributed by atoms with Crippen molar-refractivity contribution in [3.05, 3.63) is 78.8 Å². The number of para-hydroxylation sites is 1. The van der Waals surface area contributed by atoms with E-state index in [1.165, 1.54) is 6.20 Å². The van der Waals surface area contributed by atoms with E-state index in [2.05, 4.69) is 20.3 Å². The van der Waals surface area contributed by atoms with Gasteiger partial charge in [-0.2, -0.15) is 0 Å². The molecule has 0 aliphatic rings. The number of H-pyrrole nitrogens is 1. The van der Waals surface area contributed by atoms with Crippen LogP contribution in [-0.4, -0.2) is 20.9 Å². The van der Waals surface area contributed by atoms with Gasteiger partial charge in [0.1, 0.15) is 11.5 Å². The zero-order valence-corrected chi connectivity index (χ0v) is 13.1. The second kappa shape index (κ2) is 6.45. The lowest BCUT2D eigenvalue weighted by Gasteiger charge is -2.08. The lowest BCUT2D eigenvalue weighted by molar-refractivity contribution is 0.102. The fourth-order valence-electron chi connectivity index (χ4n) is 2.39. The van der Waals surface area contributed by atoms with Crippen molar-refractivity contribution in [3.8, 4) is 11.5 Å². The Morgan fingerprint density at radius 2 is 1.72 bits per heavy atom. The van der Waals surface area contributed by atoms with Crippen LogP contribution in [0.15, 0.2) is 73.2 Å². The predicted molar refractivity (Wildman–Crippen MR) is 94.8 cm³/mol. The summed E-state index contributed by atoms with van der Waals surface area (Å²) in [6, 6.07) is 18.4. The molecule has 2 N–H and O–H groups in total. The summed E-state index contributed by atoms with van der Waals surface area (Å²) >= 11 is 0. The highest BCUT2D eigenvalue weighted by molar-refractivity contribution is 6.05. The second-order valence-electron chi connectivity index (χ2n) is 5.39. The van der Waals surface area contributed by atoms with Crippen LogP contribution in [0.25, 0.3) is 11.2 Å². The molecule has 2 aromatic heterocycles. The van der Waals surface area contributed by atoms with Crippen LogP contribution < -0.4 is 10.1 Å². The van der Waals surface area contributed by atoms with Gasteiger partial charge in [0, 0.05) is 11.9 Å². The predicted octanol–water partition coefficient (Wildman–Crippen LogP) is 4.00. The molecule has 0 fully saturated rings. The van der Waals surface area contributed by atoms with Gasteiger partial charge in [-0.1, -0.05) is 18.2 Å². The summed E-state index contributed by atoms with van der Waals surface area (Å²) < 4.78 is 5.73. The first kappa shape index (κ1) is 14.9. The van der Waals surface area contributed by atoms with Crippen molar-refractivity contribution < 1.29 is 9.53 Å². The van der Waals surface area contributed by atoms with Crippen LogP contribution in [0.5, 0.6) is 11.5 Å². The SMILES string of the molecule is O=C(Nc1ccc(Oc2ccccc2)cc1)c1cnc2nc[nH]c2c1. The average molecular weight is 330 g/mol. The first-order valence-electron chi connectivity index (χ1n) is 7.71. The number of carbonyl (C=O) groups is 1. The number of fused-ring (bicyclic) bond motifs is 1. The maximum absolute atomic E-state index is 12.3. The molecule has 0 radical (unpaired) electrons. The largest absolute Gasteiger partial charge is 0.457 e. The highest BCUT2D eigenvalue weighted by atomic mass is 16.5. The van der Waals surface area contributed by atoms with Gasteiger partial charge >= 0.3 is 0 Å². The molecule has 0 unspecified atom stereocenters. The molecule has 6 heteroatoms. The number of anilines is 1. The smallest absolute Gasteiger partial charge is 0.257 e. The number of aromatic amines is 1. The van der Waals surface area contributed by atoms with Gasteiger partial charge in [0.05, 0.1) is 17.4 Å². The number of rotatable bonds is 4. The normalized spacial score (nSPS) is 10.6. The monoisotopic (exact) mass is 330 g/mol. The number of hydrogen-bond acceptors (Lipinski definition) is 4.